The van der Waals surface area contributed by atoms with Crippen LogP contribution in [0, 0.1) is 0 Å². The van der Waals surface area contributed by atoms with Crippen LogP contribution in [0.5, 0.6) is 0 Å². The average molecular weight is 479 g/mol. The first-order valence-electron chi connectivity index (χ1n) is 10.5. The topological polar surface area (TPSA) is 73.2 Å². The lowest BCUT2D eigenvalue weighted by Gasteiger charge is -2.20. The Kier molecular flexibility index (Phi) is 6.42. The van der Waals surface area contributed by atoms with Crippen LogP contribution in [0.25, 0.3) is 6.08 Å². The van der Waals surface area contributed by atoms with Gasteiger partial charge < -0.3 is 10.0 Å². The summed E-state index contributed by atoms with van der Waals surface area (Å²) >= 11 is 0. The summed E-state index contributed by atoms with van der Waals surface area (Å²) in [7, 11) is 1.58. The summed E-state index contributed by atoms with van der Waals surface area (Å²) in [5, 5.41) is 10.1. The SMILES string of the molecule is CN1C(=NC(=O)c2cccc(C(F)(F)F)c2)N(C(=O)O)C(=Cc2ccccc2)C1c1ccccc1. The predicted octanol–water partition coefficient (Wildman–Crippen LogP) is 5.91. The van der Waals surface area contributed by atoms with E-state index < -0.39 is 29.8 Å². The van der Waals surface area contributed by atoms with Crippen LogP contribution in [0.15, 0.2) is 95.6 Å². The molecule has 1 aliphatic heterocycles. The number of carbonyl (C=O) groups is 2. The Hall–Kier alpha value is -4.40. The summed E-state index contributed by atoms with van der Waals surface area (Å²) in [6.45, 7) is 0. The van der Waals surface area contributed by atoms with Crippen LogP contribution in [0.4, 0.5) is 18.0 Å². The van der Waals surface area contributed by atoms with E-state index in [2.05, 4.69) is 4.99 Å². The van der Waals surface area contributed by atoms with E-state index in [9.17, 15) is 27.9 Å². The third kappa shape index (κ3) is 4.93. The van der Waals surface area contributed by atoms with Crippen LogP contribution in [0.2, 0.25) is 0 Å². The number of likely N-dealkylation sites (N-methyl/N-ethyl adjacent to an activating group) is 1. The first-order chi connectivity index (χ1) is 16.7. The Balaban J connectivity index is 1.84. The Labute approximate surface area is 199 Å². The molecule has 1 fully saturated rings. The molecular weight excluding hydrogens is 459 g/mol. The van der Waals surface area contributed by atoms with Crippen molar-refractivity contribution < 1.29 is 27.9 Å². The number of rotatable bonds is 3. The Morgan fingerprint density at radius 1 is 0.943 bits per heavy atom. The van der Waals surface area contributed by atoms with E-state index in [0.29, 0.717) is 11.8 Å². The molecule has 1 aliphatic rings. The smallest absolute Gasteiger partial charge is 0.418 e. The number of hydrogen-bond donors (Lipinski definition) is 1. The van der Waals surface area contributed by atoms with Gasteiger partial charge in [0.15, 0.2) is 0 Å². The molecule has 0 aromatic heterocycles. The van der Waals surface area contributed by atoms with Crippen molar-refractivity contribution >= 4 is 24.0 Å². The Morgan fingerprint density at radius 2 is 1.57 bits per heavy atom. The predicted molar refractivity (Wildman–Crippen MR) is 124 cm³/mol. The van der Waals surface area contributed by atoms with Gasteiger partial charge in [0.25, 0.3) is 5.91 Å². The zero-order valence-electron chi connectivity index (χ0n) is 18.5. The number of nitrogens with zero attached hydrogens (tertiary/aromatic N) is 3. The Morgan fingerprint density at radius 3 is 2.17 bits per heavy atom. The van der Waals surface area contributed by atoms with Gasteiger partial charge in [-0.1, -0.05) is 66.7 Å². The average Bonchev–Trinajstić information content (AvgIpc) is 3.10. The van der Waals surface area contributed by atoms with E-state index >= 15 is 0 Å². The van der Waals surface area contributed by atoms with E-state index in [0.717, 1.165) is 28.2 Å². The molecule has 1 heterocycles. The molecule has 4 rings (SSSR count). The number of halogens is 3. The van der Waals surface area contributed by atoms with Gasteiger partial charge >= 0.3 is 12.3 Å². The lowest BCUT2D eigenvalue weighted by molar-refractivity contribution is -0.137. The zero-order chi connectivity index (χ0) is 25.2. The number of carboxylic acid groups (broad SMARTS) is 1. The maximum Gasteiger partial charge on any atom is 0.418 e. The molecule has 1 unspecified atom stereocenters. The molecule has 2 amide bonds. The van der Waals surface area contributed by atoms with Gasteiger partial charge in [-0.2, -0.15) is 18.2 Å². The zero-order valence-corrected chi connectivity index (χ0v) is 18.5. The summed E-state index contributed by atoms with van der Waals surface area (Å²) in [4.78, 5) is 31.6. The standard InChI is InChI=1S/C26H20F3N3O3/c1-31-22(18-11-6-3-7-12-18)21(15-17-9-4-2-5-10-17)32(25(34)35)24(31)30-23(33)19-13-8-14-20(16-19)26(27,28)29/h2-16,22H,1H3,(H,34,35). The van der Waals surface area contributed by atoms with Crippen molar-refractivity contribution in [3.63, 3.8) is 0 Å². The monoisotopic (exact) mass is 479 g/mol. The second-order valence-corrected chi connectivity index (χ2v) is 7.82. The number of guanidine groups is 1. The van der Waals surface area contributed by atoms with E-state index in [1.807, 2.05) is 24.3 Å². The summed E-state index contributed by atoms with van der Waals surface area (Å²) in [5.41, 5.74) is 0.509. The molecule has 0 aliphatic carbocycles. The van der Waals surface area contributed by atoms with E-state index in [-0.39, 0.29) is 11.5 Å². The number of carbonyl (C=O) groups excluding carboxylic acids is 1. The lowest BCUT2D eigenvalue weighted by atomic mass is 10.0. The van der Waals surface area contributed by atoms with Gasteiger partial charge in [-0.25, -0.2) is 9.69 Å². The third-order valence-corrected chi connectivity index (χ3v) is 5.50. The van der Waals surface area contributed by atoms with E-state index in [1.165, 1.54) is 11.0 Å². The van der Waals surface area contributed by atoms with Crippen molar-refractivity contribution in [1.82, 2.24) is 9.80 Å². The first kappa shape index (κ1) is 23.7. The van der Waals surface area contributed by atoms with Crippen molar-refractivity contribution in [2.24, 2.45) is 4.99 Å². The molecule has 0 saturated carbocycles. The van der Waals surface area contributed by atoms with Gasteiger partial charge in [0.2, 0.25) is 5.96 Å². The molecule has 3 aromatic carbocycles. The first-order valence-corrected chi connectivity index (χ1v) is 10.5. The van der Waals surface area contributed by atoms with Crippen molar-refractivity contribution in [2.75, 3.05) is 7.05 Å². The minimum atomic E-state index is -4.63. The van der Waals surface area contributed by atoms with Crippen molar-refractivity contribution in [3.8, 4) is 0 Å². The van der Waals surface area contributed by atoms with Crippen LogP contribution in [-0.2, 0) is 6.18 Å². The van der Waals surface area contributed by atoms with Gasteiger partial charge in [-0.15, -0.1) is 0 Å². The number of aliphatic imine (C=N–C) groups is 1. The van der Waals surface area contributed by atoms with Gasteiger partial charge in [-0.3, -0.25) is 4.79 Å². The molecule has 6 nitrogen and oxygen atoms in total. The second kappa shape index (κ2) is 9.46. The molecule has 1 saturated heterocycles. The van der Waals surface area contributed by atoms with Gasteiger partial charge in [-0.05, 0) is 35.4 Å². The number of hydrogen-bond acceptors (Lipinski definition) is 2. The second-order valence-electron chi connectivity index (χ2n) is 7.82. The van der Waals surface area contributed by atoms with Crippen LogP contribution < -0.4 is 0 Å². The Bertz CT molecular complexity index is 1310. The minimum absolute atomic E-state index is 0.212. The highest BCUT2D eigenvalue weighted by Crippen LogP contribution is 2.39. The molecule has 178 valence electrons. The van der Waals surface area contributed by atoms with Crippen molar-refractivity contribution in [3.05, 3.63) is 113 Å². The highest BCUT2D eigenvalue weighted by atomic mass is 19.4. The van der Waals surface area contributed by atoms with E-state index in [1.54, 1.807) is 49.5 Å². The molecule has 0 radical (unpaired) electrons. The highest BCUT2D eigenvalue weighted by Gasteiger charge is 2.43. The number of benzene rings is 3. The van der Waals surface area contributed by atoms with E-state index in [4.69, 9.17) is 0 Å². The van der Waals surface area contributed by atoms with Crippen molar-refractivity contribution in [2.45, 2.75) is 12.2 Å². The van der Waals surface area contributed by atoms with Crippen LogP contribution in [0.1, 0.15) is 33.1 Å². The normalized spacial score (nSPS) is 18.3. The fraction of sp³-hybridized carbons (Fsp3) is 0.115. The third-order valence-electron chi connectivity index (χ3n) is 5.50. The lowest BCUT2D eigenvalue weighted by Crippen LogP contribution is -2.35. The molecule has 1 atom stereocenters. The van der Waals surface area contributed by atoms with Gasteiger partial charge in [0.1, 0.15) is 0 Å². The largest absolute Gasteiger partial charge is 0.464 e. The van der Waals surface area contributed by atoms with Gasteiger partial charge in [0.05, 0.1) is 17.3 Å². The fourth-order valence-electron chi connectivity index (χ4n) is 3.91. The van der Waals surface area contributed by atoms with Crippen LogP contribution in [-0.4, -0.2) is 39.9 Å². The maximum atomic E-state index is 13.1. The minimum Gasteiger partial charge on any atom is -0.464 e. The maximum absolute atomic E-state index is 13.1. The molecule has 0 bridgehead atoms. The van der Waals surface area contributed by atoms with Crippen LogP contribution >= 0.6 is 0 Å². The quantitative estimate of drug-likeness (QED) is 0.507. The summed E-state index contributed by atoms with van der Waals surface area (Å²) in [6.07, 6.45) is -4.34. The molecule has 35 heavy (non-hydrogen) atoms. The fourth-order valence-corrected chi connectivity index (χ4v) is 3.91. The number of alkyl halides is 3. The van der Waals surface area contributed by atoms with Gasteiger partial charge in [0, 0.05) is 12.6 Å². The summed E-state index contributed by atoms with van der Waals surface area (Å²) in [5.74, 6) is -1.20. The molecule has 0 spiro atoms. The summed E-state index contributed by atoms with van der Waals surface area (Å²) in [6, 6.07) is 21.4. The molecular formula is C26H20F3N3O3. The van der Waals surface area contributed by atoms with Crippen LogP contribution in [0.3, 0.4) is 0 Å². The molecule has 1 N–H and O–H groups in total. The molecule has 3 aromatic rings. The highest BCUT2D eigenvalue weighted by molar-refractivity contribution is 6.08. The number of amides is 2. The van der Waals surface area contributed by atoms with Crippen molar-refractivity contribution in [1.29, 1.82) is 0 Å². The summed E-state index contributed by atoms with van der Waals surface area (Å²) < 4.78 is 39.3. The molecule has 9 heteroatoms.